The second-order valence-corrected chi connectivity index (χ2v) is 6.83. The molecule has 0 radical (unpaired) electrons. The smallest absolute Gasteiger partial charge is 0.0888 e. The Morgan fingerprint density at radius 1 is 1.19 bits per heavy atom. The molecule has 1 aromatic heterocycles. The van der Waals surface area contributed by atoms with Gasteiger partial charge in [-0.05, 0) is 58.8 Å². The number of nitrogens with one attached hydrogen (secondary N) is 1. The van der Waals surface area contributed by atoms with Gasteiger partial charge in [-0.25, -0.2) is 0 Å². The Kier molecular flexibility index (Phi) is 6.15. The molecular weight excluding hydrogens is 262 g/mol. The molecule has 0 atom stereocenters. The quantitative estimate of drug-likeness (QED) is 0.784. The molecule has 0 amide bonds. The van der Waals surface area contributed by atoms with Gasteiger partial charge in [0, 0.05) is 18.6 Å². The molecule has 0 unspecified atom stereocenters. The summed E-state index contributed by atoms with van der Waals surface area (Å²) in [6, 6.07) is 6.16. The molecule has 21 heavy (non-hydrogen) atoms. The van der Waals surface area contributed by atoms with Crippen LogP contribution in [0.5, 0.6) is 0 Å². The Morgan fingerprint density at radius 2 is 1.90 bits per heavy atom. The lowest BCUT2D eigenvalue weighted by Crippen LogP contribution is -2.35. The number of nitrogens with zero attached hydrogens (tertiary/aromatic N) is 2. The van der Waals surface area contributed by atoms with E-state index in [0.717, 1.165) is 31.1 Å². The van der Waals surface area contributed by atoms with Crippen molar-refractivity contribution in [3.63, 3.8) is 0 Å². The lowest BCUT2D eigenvalue weighted by molar-refractivity contribution is 0.0970. The monoisotopic (exact) mass is 291 g/mol. The van der Waals surface area contributed by atoms with Crippen LogP contribution >= 0.6 is 0 Å². The Hall–Kier alpha value is -0.970. The van der Waals surface area contributed by atoms with Gasteiger partial charge in [0.2, 0.25) is 0 Å². The first kappa shape index (κ1) is 16.4. The van der Waals surface area contributed by atoms with Gasteiger partial charge in [-0.15, -0.1) is 0 Å². The molecule has 4 nitrogen and oxygen atoms in total. The summed E-state index contributed by atoms with van der Waals surface area (Å²) in [5.41, 5.74) is 2.21. The number of aromatic nitrogens is 1. The average molecular weight is 291 g/mol. The third-order valence-electron chi connectivity index (χ3n) is 3.66. The van der Waals surface area contributed by atoms with E-state index in [9.17, 15) is 0 Å². The number of hydrogen-bond donors (Lipinski definition) is 1. The first-order chi connectivity index (χ1) is 10.0. The lowest BCUT2D eigenvalue weighted by Gasteiger charge is -2.20. The van der Waals surface area contributed by atoms with Crippen molar-refractivity contribution in [2.24, 2.45) is 0 Å². The van der Waals surface area contributed by atoms with E-state index in [1.807, 2.05) is 6.07 Å². The molecule has 1 N–H and O–H groups in total. The van der Waals surface area contributed by atoms with Crippen LogP contribution in [0.4, 0.5) is 0 Å². The Morgan fingerprint density at radius 3 is 2.62 bits per heavy atom. The zero-order valence-corrected chi connectivity index (χ0v) is 13.7. The van der Waals surface area contributed by atoms with Gasteiger partial charge in [0.25, 0.3) is 0 Å². The summed E-state index contributed by atoms with van der Waals surface area (Å²) in [4.78, 5) is 7.11. The molecule has 0 saturated carbocycles. The van der Waals surface area contributed by atoms with Crippen LogP contribution in [-0.4, -0.2) is 41.7 Å². The first-order valence-corrected chi connectivity index (χ1v) is 8.03. The van der Waals surface area contributed by atoms with E-state index < -0.39 is 0 Å². The standard InChI is InChI=1S/C17H29N3O/c1-17(2,3)18-13-15-7-6-8-16(19-15)14-21-12-11-20-9-4-5-10-20/h6-8,18H,4-5,9-14H2,1-3H3. The number of likely N-dealkylation sites (tertiary alicyclic amines) is 1. The van der Waals surface area contributed by atoms with Crippen molar-refractivity contribution in [3.05, 3.63) is 29.6 Å². The fourth-order valence-corrected chi connectivity index (χ4v) is 2.44. The van der Waals surface area contributed by atoms with Gasteiger partial charge in [0.15, 0.2) is 0 Å². The molecule has 1 aromatic rings. The van der Waals surface area contributed by atoms with Crippen molar-refractivity contribution in [3.8, 4) is 0 Å². The van der Waals surface area contributed by atoms with Crippen molar-refractivity contribution in [1.82, 2.24) is 15.2 Å². The number of hydrogen-bond acceptors (Lipinski definition) is 4. The molecular formula is C17H29N3O. The van der Waals surface area contributed by atoms with Gasteiger partial charge in [0.1, 0.15) is 0 Å². The number of rotatable bonds is 7. The fraction of sp³-hybridized carbons (Fsp3) is 0.706. The third kappa shape index (κ3) is 6.55. The molecule has 118 valence electrons. The summed E-state index contributed by atoms with van der Waals surface area (Å²) in [7, 11) is 0. The second kappa shape index (κ2) is 7.87. The van der Waals surface area contributed by atoms with E-state index in [4.69, 9.17) is 4.74 Å². The van der Waals surface area contributed by atoms with Gasteiger partial charge in [0.05, 0.1) is 24.6 Å². The molecule has 0 bridgehead atoms. The molecule has 2 rings (SSSR count). The van der Waals surface area contributed by atoms with Crippen LogP contribution in [0.2, 0.25) is 0 Å². The van der Waals surface area contributed by atoms with E-state index in [2.05, 4.69) is 48.1 Å². The summed E-state index contributed by atoms with van der Waals surface area (Å²) in [6.07, 6.45) is 2.68. The average Bonchev–Trinajstić information content (AvgIpc) is 2.94. The first-order valence-electron chi connectivity index (χ1n) is 8.03. The number of pyridine rings is 1. The highest BCUT2D eigenvalue weighted by molar-refractivity contribution is 5.10. The van der Waals surface area contributed by atoms with E-state index in [1.165, 1.54) is 25.9 Å². The SMILES string of the molecule is CC(C)(C)NCc1cccc(COCCN2CCCC2)n1. The predicted molar refractivity (Wildman–Crippen MR) is 86.2 cm³/mol. The van der Waals surface area contributed by atoms with Crippen molar-refractivity contribution in [2.45, 2.75) is 52.3 Å². The van der Waals surface area contributed by atoms with Crippen LogP contribution in [0.15, 0.2) is 18.2 Å². The molecule has 1 saturated heterocycles. The predicted octanol–water partition coefficient (Wildman–Crippen LogP) is 2.58. The van der Waals surface area contributed by atoms with Crippen molar-refractivity contribution >= 4 is 0 Å². The fourth-order valence-electron chi connectivity index (χ4n) is 2.44. The minimum atomic E-state index is 0.115. The van der Waals surface area contributed by atoms with Gasteiger partial charge < -0.3 is 15.0 Å². The Labute approximate surface area is 128 Å². The summed E-state index contributed by atoms with van der Waals surface area (Å²) in [5.74, 6) is 0. The molecule has 0 spiro atoms. The van der Waals surface area contributed by atoms with Crippen molar-refractivity contribution in [2.75, 3.05) is 26.2 Å². The minimum Gasteiger partial charge on any atom is -0.374 e. The largest absolute Gasteiger partial charge is 0.374 e. The summed E-state index contributed by atoms with van der Waals surface area (Å²) in [5, 5.41) is 3.46. The zero-order valence-electron chi connectivity index (χ0n) is 13.7. The van der Waals surface area contributed by atoms with Crippen molar-refractivity contribution in [1.29, 1.82) is 0 Å². The molecule has 0 aromatic carbocycles. The van der Waals surface area contributed by atoms with Crippen molar-refractivity contribution < 1.29 is 4.74 Å². The molecule has 1 fully saturated rings. The van der Waals surface area contributed by atoms with Crippen LogP contribution in [-0.2, 0) is 17.9 Å². The molecule has 0 aliphatic carbocycles. The number of ether oxygens (including phenoxy) is 1. The van der Waals surface area contributed by atoms with E-state index >= 15 is 0 Å². The highest BCUT2D eigenvalue weighted by Gasteiger charge is 2.11. The van der Waals surface area contributed by atoms with Gasteiger partial charge in [-0.1, -0.05) is 6.07 Å². The maximum absolute atomic E-state index is 5.76. The third-order valence-corrected chi connectivity index (χ3v) is 3.66. The van der Waals surface area contributed by atoms with Gasteiger partial charge >= 0.3 is 0 Å². The summed E-state index contributed by atoms with van der Waals surface area (Å²) < 4.78 is 5.76. The van der Waals surface area contributed by atoms with Crippen LogP contribution in [0.1, 0.15) is 45.0 Å². The minimum absolute atomic E-state index is 0.115. The highest BCUT2D eigenvalue weighted by atomic mass is 16.5. The van der Waals surface area contributed by atoms with E-state index in [-0.39, 0.29) is 5.54 Å². The maximum atomic E-state index is 5.76. The molecule has 1 aliphatic heterocycles. The van der Waals surface area contributed by atoms with E-state index in [0.29, 0.717) is 6.61 Å². The maximum Gasteiger partial charge on any atom is 0.0888 e. The second-order valence-electron chi connectivity index (χ2n) is 6.83. The van der Waals surface area contributed by atoms with Gasteiger partial charge in [-0.2, -0.15) is 0 Å². The highest BCUT2D eigenvalue weighted by Crippen LogP contribution is 2.07. The van der Waals surface area contributed by atoms with Crippen LogP contribution in [0.3, 0.4) is 0 Å². The lowest BCUT2D eigenvalue weighted by atomic mass is 10.1. The van der Waals surface area contributed by atoms with Crippen LogP contribution in [0, 0.1) is 0 Å². The summed E-state index contributed by atoms with van der Waals surface area (Å²) >= 11 is 0. The van der Waals surface area contributed by atoms with Gasteiger partial charge in [-0.3, -0.25) is 4.98 Å². The zero-order chi connectivity index (χ0) is 15.1. The Balaban J connectivity index is 1.70. The van der Waals surface area contributed by atoms with Crippen LogP contribution < -0.4 is 5.32 Å². The Bertz CT molecular complexity index is 422. The van der Waals surface area contributed by atoms with Crippen LogP contribution in [0.25, 0.3) is 0 Å². The summed E-state index contributed by atoms with van der Waals surface area (Å²) in [6.45, 7) is 12.2. The molecule has 1 aliphatic rings. The normalized spacial score (nSPS) is 16.5. The molecule has 4 heteroatoms. The van der Waals surface area contributed by atoms with E-state index in [1.54, 1.807) is 0 Å². The molecule has 2 heterocycles. The topological polar surface area (TPSA) is 37.4 Å².